The monoisotopic (exact) mass is 374 g/mol. The summed E-state index contributed by atoms with van der Waals surface area (Å²) in [7, 11) is 1.69. The number of hydrogen-bond acceptors (Lipinski definition) is 3. The third-order valence-electron chi connectivity index (χ3n) is 4.31. The molecule has 5 heteroatoms. The fraction of sp³-hybridized carbons (Fsp3) is 0.130. The van der Waals surface area contributed by atoms with Gasteiger partial charge in [0.1, 0.15) is 12.4 Å². The Morgan fingerprint density at radius 2 is 1.68 bits per heavy atom. The average Bonchev–Trinajstić information content (AvgIpc) is 2.73. The zero-order valence-corrected chi connectivity index (χ0v) is 15.9. The summed E-state index contributed by atoms with van der Waals surface area (Å²) in [5.74, 6) is 0.307. The van der Waals surface area contributed by atoms with Crippen LogP contribution in [0.1, 0.15) is 22.8 Å². The number of carbonyl (C=O) groups excluding carboxylic acids is 2. The quantitative estimate of drug-likeness (QED) is 0.691. The van der Waals surface area contributed by atoms with Gasteiger partial charge in [0.05, 0.1) is 0 Å². The van der Waals surface area contributed by atoms with E-state index in [9.17, 15) is 9.59 Å². The summed E-state index contributed by atoms with van der Waals surface area (Å²) in [4.78, 5) is 25.7. The molecule has 0 aliphatic heterocycles. The van der Waals surface area contributed by atoms with Crippen molar-refractivity contribution >= 4 is 23.2 Å². The second-order valence-electron chi connectivity index (χ2n) is 6.38. The molecule has 142 valence electrons. The van der Waals surface area contributed by atoms with Gasteiger partial charge in [-0.2, -0.15) is 0 Å². The lowest BCUT2D eigenvalue weighted by Gasteiger charge is -2.16. The highest BCUT2D eigenvalue weighted by atomic mass is 16.5. The van der Waals surface area contributed by atoms with Gasteiger partial charge in [0.15, 0.2) is 0 Å². The fourth-order valence-corrected chi connectivity index (χ4v) is 2.65. The minimum Gasteiger partial charge on any atom is -0.489 e. The molecule has 1 N–H and O–H groups in total. The van der Waals surface area contributed by atoms with Crippen LogP contribution >= 0.6 is 0 Å². The number of ether oxygens (including phenoxy) is 1. The Morgan fingerprint density at radius 3 is 2.43 bits per heavy atom. The van der Waals surface area contributed by atoms with Crippen molar-refractivity contribution in [3.8, 4) is 5.75 Å². The largest absolute Gasteiger partial charge is 0.489 e. The van der Waals surface area contributed by atoms with Crippen molar-refractivity contribution in [1.82, 2.24) is 0 Å². The molecule has 3 aromatic rings. The molecule has 0 unspecified atom stereocenters. The lowest BCUT2D eigenvalue weighted by Crippen LogP contribution is -2.23. The Hall–Kier alpha value is -3.60. The SMILES string of the molecule is CC(=O)N(C)c1cccc(NC(=O)c2cccc(OCc3ccccc3)c2)c1. The van der Waals surface area contributed by atoms with Gasteiger partial charge < -0.3 is 15.0 Å². The third kappa shape index (κ3) is 4.98. The first-order valence-corrected chi connectivity index (χ1v) is 8.95. The Kier molecular flexibility index (Phi) is 6.07. The van der Waals surface area contributed by atoms with Crippen LogP contribution in [0.15, 0.2) is 78.9 Å². The Morgan fingerprint density at radius 1 is 0.929 bits per heavy atom. The van der Waals surface area contributed by atoms with Gasteiger partial charge in [-0.1, -0.05) is 42.5 Å². The fourth-order valence-electron chi connectivity index (χ4n) is 2.65. The molecule has 0 radical (unpaired) electrons. The van der Waals surface area contributed by atoms with Crippen molar-refractivity contribution < 1.29 is 14.3 Å². The molecule has 0 aliphatic rings. The molecule has 0 aliphatic carbocycles. The summed E-state index contributed by atoms with van der Waals surface area (Å²) in [6, 6.07) is 24.1. The summed E-state index contributed by atoms with van der Waals surface area (Å²) >= 11 is 0. The summed E-state index contributed by atoms with van der Waals surface area (Å²) in [5.41, 5.74) is 2.89. The predicted molar refractivity (Wildman–Crippen MR) is 111 cm³/mol. The van der Waals surface area contributed by atoms with E-state index in [2.05, 4.69) is 5.32 Å². The van der Waals surface area contributed by atoms with E-state index in [4.69, 9.17) is 4.74 Å². The highest BCUT2D eigenvalue weighted by Gasteiger charge is 2.10. The lowest BCUT2D eigenvalue weighted by molar-refractivity contribution is -0.116. The van der Waals surface area contributed by atoms with Gasteiger partial charge >= 0.3 is 0 Å². The van der Waals surface area contributed by atoms with E-state index in [-0.39, 0.29) is 11.8 Å². The summed E-state index contributed by atoms with van der Waals surface area (Å²) in [6.07, 6.45) is 0. The van der Waals surface area contributed by atoms with Crippen molar-refractivity contribution in [1.29, 1.82) is 0 Å². The molecule has 5 nitrogen and oxygen atoms in total. The molecule has 0 saturated carbocycles. The number of amides is 2. The number of benzene rings is 3. The van der Waals surface area contributed by atoms with Gasteiger partial charge in [0, 0.05) is 30.9 Å². The van der Waals surface area contributed by atoms with Crippen molar-refractivity contribution in [2.45, 2.75) is 13.5 Å². The molecule has 28 heavy (non-hydrogen) atoms. The average molecular weight is 374 g/mol. The van der Waals surface area contributed by atoms with Crippen LogP contribution in [0.4, 0.5) is 11.4 Å². The Balaban J connectivity index is 1.68. The van der Waals surface area contributed by atoms with Crippen LogP contribution in [0.5, 0.6) is 5.75 Å². The topological polar surface area (TPSA) is 58.6 Å². The molecule has 0 atom stereocenters. The normalized spacial score (nSPS) is 10.2. The van der Waals surface area contributed by atoms with Crippen LogP contribution < -0.4 is 15.0 Å². The van der Waals surface area contributed by atoms with Crippen LogP contribution in [0.2, 0.25) is 0 Å². The Bertz CT molecular complexity index is 970. The van der Waals surface area contributed by atoms with E-state index in [0.29, 0.717) is 29.3 Å². The van der Waals surface area contributed by atoms with E-state index in [0.717, 1.165) is 5.56 Å². The Labute approximate surface area is 164 Å². The van der Waals surface area contributed by atoms with Gasteiger partial charge in [0.2, 0.25) is 5.91 Å². The molecule has 2 amide bonds. The highest BCUT2D eigenvalue weighted by Crippen LogP contribution is 2.20. The number of nitrogens with zero attached hydrogens (tertiary/aromatic N) is 1. The van der Waals surface area contributed by atoms with E-state index < -0.39 is 0 Å². The van der Waals surface area contributed by atoms with Crippen LogP contribution in [0, 0.1) is 0 Å². The van der Waals surface area contributed by atoms with Crippen LogP contribution in [-0.2, 0) is 11.4 Å². The maximum absolute atomic E-state index is 12.6. The van der Waals surface area contributed by atoms with Crippen LogP contribution in [-0.4, -0.2) is 18.9 Å². The summed E-state index contributed by atoms with van der Waals surface area (Å²) < 4.78 is 5.79. The maximum Gasteiger partial charge on any atom is 0.255 e. The minimum atomic E-state index is -0.243. The third-order valence-corrected chi connectivity index (χ3v) is 4.31. The zero-order valence-electron chi connectivity index (χ0n) is 15.9. The number of nitrogens with one attached hydrogen (secondary N) is 1. The molecule has 0 saturated heterocycles. The smallest absolute Gasteiger partial charge is 0.255 e. The molecule has 0 spiro atoms. The molecule has 0 fully saturated rings. The zero-order chi connectivity index (χ0) is 19.9. The summed E-state index contributed by atoms with van der Waals surface area (Å²) in [5, 5.41) is 2.86. The first-order chi connectivity index (χ1) is 13.5. The van der Waals surface area contributed by atoms with Crippen molar-refractivity contribution in [3.05, 3.63) is 90.0 Å². The number of carbonyl (C=O) groups is 2. The van der Waals surface area contributed by atoms with Crippen LogP contribution in [0.25, 0.3) is 0 Å². The lowest BCUT2D eigenvalue weighted by atomic mass is 10.2. The van der Waals surface area contributed by atoms with Gasteiger partial charge in [-0.25, -0.2) is 0 Å². The first-order valence-electron chi connectivity index (χ1n) is 8.95. The molecule has 0 bridgehead atoms. The molecule has 3 aromatic carbocycles. The van der Waals surface area contributed by atoms with Crippen molar-refractivity contribution in [2.75, 3.05) is 17.3 Å². The molecule has 3 rings (SSSR count). The molecule has 0 aromatic heterocycles. The number of anilines is 2. The van der Waals surface area contributed by atoms with Crippen molar-refractivity contribution in [2.24, 2.45) is 0 Å². The number of hydrogen-bond donors (Lipinski definition) is 1. The van der Waals surface area contributed by atoms with Crippen LogP contribution in [0.3, 0.4) is 0 Å². The van der Waals surface area contributed by atoms with Gasteiger partial charge in [-0.3, -0.25) is 9.59 Å². The second-order valence-corrected chi connectivity index (χ2v) is 6.38. The minimum absolute atomic E-state index is 0.0771. The van der Waals surface area contributed by atoms with Gasteiger partial charge in [-0.05, 0) is 42.0 Å². The first kappa shape index (κ1) is 19.2. The highest BCUT2D eigenvalue weighted by molar-refractivity contribution is 6.05. The van der Waals surface area contributed by atoms with E-state index in [1.807, 2.05) is 42.5 Å². The maximum atomic E-state index is 12.6. The standard InChI is InChI=1S/C23H22N2O3/c1-17(26)25(2)21-12-7-11-20(15-21)24-23(27)19-10-6-13-22(14-19)28-16-18-8-4-3-5-9-18/h3-15H,16H2,1-2H3,(H,24,27). The van der Waals surface area contributed by atoms with Gasteiger partial charge in [0.25, 0.3) is 5.91 Å². The predicted octanol–water partition coefficient (Wildman–Crippen LogP) is 4.50. The van der Waals surface area contributed by atoms with Gasteiger partial charge in [-0.15, -0.1) is 0 Å². The van der Waals surface area contributed by atoms with E-state index >= 15 is 0 Å². The molecule has 0 heterocycles. The second kappa shape index (κ2) is 8.86. The van der Waals surface area contributed by atoms with E-state index in [1.54, 1.807) is 43.4 Å². The molecular formula is C23H22N2O3. The molecular weight excluding hydrogens is 352 g/mol. The van der Waals surface area contributed by atoms with Crippen molar-refractivity contribution in [3.63, 3.8) is 0 Å². The number of rotatable bonds is 6. The summed E-state index contributed by atoms with van der Waals surface area (Å²) in [6.45, 7) is 1.93. The van der Waals surface area contributed by atoms with E-state index in [1.165, 1.54) is 11.8 Å².